The molecular weight excluding hydrogens is 261 g/mol. The normalized spacial score (nSPS) is 17.3. The highest BCUT2D eigenvalue weighted by molar-refractivity contribution is 9.10. The smallest absolute Gasteiger partial charge is 0.0297 e. The summed E-state index contributed by atoms with van der Waals surface area (Å²) >= 11 is 3.42. The van der Waals surface area contributed by atoms with Gasteiger partial charge in [0.15, 0.2) is 0 Å². The molecule has 2 N–H and O–H groups in total. The molecule has 1 aliphatic rings. The topological polar surface area (TPSA) is 26.0 Å². The summed E-state index contributed by atoms with van der Waals surface area (Å²) in [6.45, 7) is 0. The van der Waals surface area contributed by atoms with Gasteiger partial charge in [-0.05, 0) is 30.0 Å². The van der Waals surface area contributed by atoms with Crippen LogP contribution in [0.4, 0.5) is 0 Å². The molecule has 3 heteroatoms. The first-order chi connectivity index (χ1) is 6.25. The maximum absolute atomic E-state index is 6.07. The van der Waals surface area contributed by atoms with Gasteiger partial charge in [-0.1, -0.05) is 40.9 Å². The van der Waals surface area contributed by atoms with E-state index in [1.54, 1.807) is 0 Å². The predicted octanol–water partition coefficient (Wildman–Crippen LogP) is 3.67. The third-order valence-corrected chi connectivity index (χ3v) is 3.11. The standard InChI is InChI=1S/C11H14BrN.ClH/c12-10-5-3-9(4-6-10)11(13)7-8-1-2-8;/h3-6,8,11H,1-2,7,13H2;1H/t11-;/m1./s1. The zero-order valence-corrected chi connectivity index (χ0v) is 10.4. The zero-order valence-electron chi connectivity index (χ0n) is 7.95. The molecule has 0 radical (unpaired) electrons. The first-order valence-electron chi connectivity index (χ1n) is 4.77. The first-order valence-corrected chi connectivity index (χ1v) is 5.56. The van der Waals surface area contributed by atoms with Crippen LogP contribution in [0.1, 0.15) is 30.9 Å². The van der Waals surface area contributed by atoms with E-state index in [2.05, 4.69) is 40.2 Å². The summed E-state index contributed by atoms with van der Waals surface area (Å²) in [7, 11) is 0. The van der Waals surface area contributed by atoms with Crippen molar-refractivity contribution in [3.05, 3.63) is 34.3 Å². The Morgan fingerprint density at radius 3 is 2.36 bits per heavy atom. The van der Waals surface area contributed by atoms with Gasteiger partial charge in [-0.2, -0.15) is 0 Å². The predicted molar refractivity (Wildman–Crippen MR) is 65.7 cm³/mol. The summed E-state index contributed by atoms with van der Waals surface area (Å²) in [4.78, 5) is 0. The van der Waals surface area contributed by atoms with E-state index in [1.807, 2.05) is 0 Å². The fraction of sp³-hybridized carbons (Fsp3) is 0.455. The average Bonchev–Trinajstić information content (AvgIpc) is 2.89. The Morgan fingerprint density at radius 2 is 1.86 bits per heavy atom. The van der Waals surface area contributed by atoms with Crippen LogP contribution < -0.4 is 5.73 Å². The minimum absolute atomic E-state index is 0. The van der Waals surface area contributed by atoms with Crippen molar-refractivity contribution in [1.29, 1.82) is 0 Å². The van der Waals surface area contributed by atoms with Crippen LogP contribution in [-0.2, 0) is 0 Å². The second kappa shape index (κ2) is 5.15. The van der Waals surface area contributed by atoms with E-state index in [1.165, 1.54) is 18.4 Å². The van der Waals surface area contributed by atoms with Crippen molar-refractivity contribution in [2.75, 3.05) is 0 Å². The fourth-order valence-corrected chi connectivity index (χ4v) is 1.82. The van der Waals surface area contributed by atoms with Gasteiger partial charge in [-0.25, -0.2) is 0 Å². The van der Waals surface area contributed by atoms with Crippen LogP contribution in [0.2, 0.25) is 0 Å². The van der Waals surface area contributed by atoms with Gasteiger partial charge in [-0.15, -0.1) is 12.4 Å². The molecule has 78 valence electrons. The summed E-state index contributed by atoms with van der Waals surface area (Å²) in [5.74, 6) is 0.902. The van der Waals surface area contributed by atoms with E-state index in [4.69, 9.17) is 5.73 Å². The summed E-state index contributed by atoms with van der Waals surface area (Å²) in [6.07, 6.45) is 3.91. The maximum Gasteiger partial charge on any atom is 0.0297 e. The van der Waals surface area contributed by atoms with E-state index in [-0.39, 0.29) is 18.4 Å². The van der Waals surface area contributed by atoms with Crippen molar-refractivity contribution in [2.45, 2.75) is 25.3 Å². The molecule has 0 spiro atoms. The zero-order chi connectivity index (χ0) is 9.26. The Kier molecular flexibility index (Phi) is 4.42. The number of hydrogen-bond acceptors (Lipinski definition) is 1. The van der Waals surface area contributed by atoms with Gasteiger partial charge in [0.2, 0.25) is 0 Å². The fourth-order valence-electron chi connectivity index (χ4n) is 1.56. The summed E-state index contributed by atoms with van der Waals surface area (Å²) in [5.41, 5.74) is 7.33. The maximum atomic E-state index is 6.07. The molecule has 2 rings (SSSR count). The minimum atomic E-state index is 0. The lowest BCUT2D eigenvalue weighted by molar-refractivity contribution is 0.597. The second-order valence-corrected chi connectivity index (χ2v) is 4.75. The molecule has 1 aliphatic carbocycles. The molecule has 0 aliphatic heterocycles. The van der Waals surface area contributed by atoms with E-state index in [0.29, 0.717) is 0 Å². The highest BCUT2D eigenvalue weighted by Crippen LogP contribution is 2.36. The molecule has 1 fully saturated rings. The molecule has 0 amide bonds. The molecule has 0 unspecified atom stereocenters. The van der Waals surface area contributed by atoms with Crippen LogP contribution in [0.5, 0.6) is 0 Å². The lowest BCUT2D eigenvalue weighted by Gasteiger charge is -2.10. The Hall–Kier alpha value is -0.0500. The van der Waals surface area contributed by atoms with Crippen molar-refractivity contribution in [2.24, 2.45) is 11.7 Å². The molecule has 14 heavy (non-hydrogen) atoms. The Balaban J connectivity index is 0.000000980. The lowest BCUT2D eigenvalue weighted by Crippen LogP contribution is -2.10. The van der Waals surface area contributed by atoms with Crippen molar-refractivity contribution in [3.8, 4) is 0 Å². The van der Waals surface area contributed by atoms with Gasteiger partial charge < -0.3 is 5.73 Å². The van der Waals surface area contributed by atoms with Crippen LogP contribution in [-0.4, -0.2) is 0 Å². The molecule has 1 saturated carbocycles. The molecule has 1 atom stereocenters. The van der Waals surface area contributed by atoms with Crippen LogP contribution in [0.15, 0.2) is 28.7 Å². The highest BCUT2D eigenvalue weighted by Gasteiger charge is 2.24. The molecule has 0 aromatic heterocycles. The van der Waals surface area contributed by atoms with Crippen molar-refractivity contribution in [3.63, 3.8) is 0 Å². The number of nitrogens with two attached hydrogens (primary N) is 1. The monoisotopic (exact) mass is 275 g/mol. The van der Waals surface area contributed by atoms with E-state index in [9.17, 15) is 0 Å². The van der Waals surface area contributed by atoms with Crippen molar-refractivity contribution >= 4 is 28.3 Å². The number of halogens is 2. The van der Waals surface area contributed by atoms with Gasteiger partial charge >= 0.3 is 0 Å². The molecule has 1 aromatic carbocycles. The van der Waals surface area contributed by atoms with E-state index in [0.717, 1.165) is 16.8 Å². The van der Waals surface area contributed by atoms with Gasteiger partial charge in [0.1, 0.15) is 0 Å². The Labute approximate surface area is 99.6 Å². The summed E-state index contributed by atoms with van der Waals surface area (Å²) in [6, 6.07) is 8.57. The highest BCUT2D eigenvalue weighted by atomic mass is 79.9. The third kappa shape index (κ3) is 3.26. The van der Waals surface area contributed by atoms with Crippen LogP contribution >= 0.6 is 28.3 Å². The summed E-state index contributed by atoms with van der Waals surface area (Å²) in [5, 5.41) is 0. The molecule has 0 heterocycles. The lowest BCUT2D eigenvalue weighted by atomic mass is 10.0. The Morgan fingerprint density at radius 1 is 1.29 bits per heavy atom. The molecule has 0 bridgehead atoms. The minimum Gasteiger partial charge on any atom is -0.324 e. The molecule has 0 saturated heterocycles. The quantitative estimate of drug-likeness (QED) is 0.895. The largest absolute Gasteiger partial charge is 0.324 e. The van der Waals surface area contributed by atoms with Crippen LogP contribution in [0.3, 0.4) is 0 Å². The van der Waals surface area contributed by atoms with Crippen molar-refractivity contribution < 1.29 is 0 Å². The first kappa shape index (κ1) is 12.0. The Bertz CT molecular complexity index is 282. The van der Waals surface area contributed by atoms with Crippen LogP contribution in [0, 0.1) is 5.92 Å². The SMILES string of the molecule is Cl.N[C@H](CC1CC1)c1ccc(Br)cc1. The van der Waals surface area contributed by atoms with E-state index < -0.39 is 0 Å². The molecule has 1 aromatic rings. The number of benzene rings is 1. The van der Waals surface area contributed by atoms with Gasteiger partial charge in [0.05, 0.1) is 0 Å². The van der Waals surface area contributed by atoms with Crippen molar-refractivity contribution in [1.82, 2.24) is 0 Å². The second-order valence-electron chi connectivity index (χ2n) is 3.84. The third-order valence-electron chi connectivity index (χ3n) is 2.58. The summed E-state index contributed by atoms with van der Waals surface area (Å²) < 4.78 is 1.12. The van der Waals surface area contributed by atoms with Gasteiger partial charge in [0.25, 0.3) is 0 Å². The average molecular weight is 277 g/mol. The van der Waals surface area contributed by atoms with Crippen LogP contribution in [0.25, 0.3) is 0 Å². The van der Waals surface area contributed by atoms with E-state index >= 15 is 0 Å². The molecular formula is C11H15BrClN. The van der Waals surface area contributed by atoms with Gasteiger partial charge in [-0.3, -0.25) is 0 Å². The number of rotatable bonds is 3. The van der Waals surface area contributed by atoms with Gasteiger partial charge in [0, 0.05) is 10.5 Å². The number of hydrogen-bond donors (Lipinski definition) is 1. The molecule has 1 nitrogen and oxygen atoms in total.